The molecule has 31 heavy (non-hydrogen) atoms. The van der Waals surface area contributed by atoms with Crippen LogP contribution in [-0.2, 0) is 6.54 Å². The molecule has 164 valence electrons. The second-order valence-electron chi connectivity index (χ2n) is 8.05. The molecule has 0 bridgehead atoms. The fourth-order valence-corrected chi connectivity index (χ4v) is 5.17. The first-order valence-electron chi connectivity index (χ1n) is 10.7. The fraction of sp³-hybridized carbons (Fsp3) is 0.360. The number of rotatable bonds is 8. The Hall–Kier alpha value is -1.56. The number of aryl methyl sites for hydroxylation is 1. The molecule has 4 rings (SSSR count). The molecule has 1 atom stereocenters. The molecule has 1 fully saturated rings. The smallest absolute Gasteiger partial charge is 0.134 e. The molecular weight excluding hydrogens is 447 g/mol. The van der Waals surface area contributed by atoms with Gasteiger partial charge in [-0.2, -0.15) is 0 Å². The summed E-state index contributed by atoms with van der Waals surface area (Å²) in [7, 11) is 0. The van der Waals surface area contributed by atoms with Crippen LogP contribution in [0.25, 0.3) is 0 Å². The Labute approximate surface area is 199 Å². The Kier molecular flexibility index (Phi) is 7.91. The first-order chi connectivity index (χ1) is 15.1. The van der Waals surface area contributed by atoms with Gasteiger partial charge in [-0.25, -0.2) is 0 Å². The van der Waals surface area contributed by atoms with Crippen molar-refractivity contribution in [1.29, 1.82) is 0 Å². The summed E-state index contributed by atoms with van der Waals surface area (Å²) in [6, 6.07) is 20.6. The molecular formula is C25H28Cl2N2OS. The Balaban J connectivity index is 1.33. The zero-order valence-corrected chi connectivity index (χ0v) is 20.1. The Bertz CT molecular complexity index is 971. The number of hydrogen-bond acceptors (Lipinski definition) is 4. The lowest BCUT2D eigenvalue weighted by Gasteiger charge is -2.35. The summed E-state index contributed by atoms with van der Waals surface area (Å²) >= 11 is 14.0. The van der Waals surface area contributed by atoms with Gasteiger partial charge in [0, 0.05) is 55.6 Å². The molecule has 0 saturated carbocycles. The minimum Gasteiger partial charge on any atom is -0.485 e. The molecule has 1 aliphatic rings. The van der Waals surface area contributed by atoms with Gasteiger partial charge in [0.2, 0.25) is 0 Å². The van der Waals surface area contributed by atoms with E-state index in [4.69, 9.17) is 27.9 Å². The maximum atomic E-state index is 6.40. The SMILES string of the molecule is Cc1cc(OC(CCN2CCN(Cc3ccccc3)CC2)c2ccc(Cl)s2)ccc1Cl. The number of halogens is 2. The molecule has 0 spiro atoms. The van der Waals surface area contributed by atoms with E-state index in [-0.39, 0.29) is 6.10 Å². The first-order valence-corrected chi connectivity index (χ1v) is 12.3. The van der Waals surface area contributed by atoms with E-state index in [0.717, 1.165) is 66.4 Å². The number of piperazine rings is 1. The molecule has 3 nitrogen and oxygen atoms in total. The highest BCUT2D eigenvalue weighted by atomic mass is 35.5. The maximum Gasteiger partial charge on any atom is 0.134 e. The summed E-state index contributed by atoms with van der Waals surface area (Å²) in [6.45, 7) is 8.41. The summed E-state index contributed by atoms with van der Waals surface area (Å²) in [5, 5.41) is 0.761. The second kappa shape index (κ2) is 10.8. The maximum absolute atomic E-state index is 6.40. The fourth-order valence-electron chi connectivity index (χ4n) is 3.93. The van der Waals surface area contributed by atoms with Gasteiger partial charge in [-0.15, -0.1) is 11.3 Å². The minimum absolute atomic E-state index is 0.0135. The van der Waals surface area contributed by atoms with E-state index in [1.807, 2.05) is 31.2 Å². The van der Waals surface area contributed by atoms with Crippen molar-refractivity contribution in [2.75, 3.05) is 32.7 Å². The zero-order valence-electron chi connectivity index (χ0n) is 17.8. The second-order valence-corrected chi connectivity index (χ2v) is 10.2. The summed E-state index contributed by atoms with van der Waals surface area (Å²) < 4.78 is 7.19. The quantitative estimate of drug-likeness (QED) is 0.361. The highest BCUT2D eigenvalue weighted by Gasteiger charge is 2.21. The summed E-state index contributed by atoms with van der Waals surface area (Å²) in [5.74, 6) is 0.851. The average molecular weight is 475 g/mol. The standard InChI is InChI=1S/C25H28Cl2N2OS/c1-19-17-21(7-8-22(19)26)30-23(24-9-10-25(27)31-24)11-12-28-13-15-29(16-14-28)18-20-5-3-2-4-6-20/h2-10,17,23H,11-16,18H2,1H3. The van der Waals surface area contributed by atoms with Crippen LogP contribution >= 0.6 is 34.5 Å². The van der Waals surface area contributed by atoms with Crippen LogP contribution in [0, 0.1) is 6.92 Å². The summed E-state index contributed by atoms with van der Waals surface area (Å²) in [6.07, 6.45) is 0.914. The van der Waals surface area contributed by atoms with Crippen molar-refractivity contribution < 1.29 is 4.74 Å². The molecule has 1 aliphatic heterocycles. The van der Waals surface area contributed by atoms with E-state index in [2.05, 4.69) is 46.2 Å². The number of benzene rings is 2. The Morgan fingerprint density at radius 1 is 0.935 bits per heavy atom. The van der Waals surface area contributed by atoms with Crippen molar-refractivity contribution in [2.24, 2.45) is 0 Å². The average Bonchev–Trinajstić information content (AvgIpc) is 3.21. The zero-order chi connectivity index (χ0) is 21.6. The van der Waals surface area contributed by atoms with E-state index >= 15 is 0 Å². The van der Waals surface area contributed by atoms with Gasteiger partial charge in [-0.05, 0) is 48.4 Å². The molecule has 1 unspecified atom stereocenters. The third-order valence-corrected chi connectivity index (χ3v) is 7.49. The van der Waals surface area contributed by atoms with Crippen LogP contribution in [0.1, 0.15) is 28.5 Å². The lowest BCUT2D eigenvalue weighted by molar-refractivity contribution is 0.107. The van der Waals surface area contributed by atoms with Crippen LogP contribution in [0.5, 0.6) is 5.75 Å². The third-order valence-electron chi connectivity index (χ3n) is 5.74. The number of ether oxygens (including phenoxy) is 1. The van der Waals surface area contributed by atoms with E-state index in [1.165, 1.54) is 10.4 Å². The van der Waals surface area contributed by atoms with Gasteiger partial charge in [-0.3, -0.25) is 4.90 Å². The Morgan fingerprint density at radius 3 is 2.35 bits per heavy atom. The monoisotopic (exact) mass is 474 g/mol. The molecule has 2 heterocycles. The van der Waals surface area contributed by atoms with Crippen molar-refractivity contribution in [2.45, 2.75) is 26.0 Å². The molecule has 0 amide bonds. The van der Waals surface area contributed by atoms with Crippen molar-refractivity contribution in [3.8, 4) is 5.75 Å². The normalized spacial score (nSPS) is 16.4. The van der Waals surface area contributed by atoms with Crippen LogP contribution in [0.3, 0.4) is 0 Å². The molecule has 1 aromatic heterocycles. The van der Waals surface area contributed by atoms with Crippen LogP contribution < -0.4 is 4.74 Å². The van der Waals surface area contributed by atoms with Crippen LogP contribution in [0.4, 0.5) is 0 Å². The van der Waals surface area contributed by atoms with E-state index in [0.29, 0.717) is 0 Å². The van der Waals surface area contributed by atoms with Gasteiger partial charge < -0.3 is 9.64 Å². The van der Waals surface area contributed by atoms with Crippen LogP contribution in [0.2, 0.25) is 9.36 Å². The lowest BCUT2D eigenvalue weighted by atomic mass is 10.1. The van der Waals surface area contributed by atoms with Gasteiger partial charge in [-0.1, -0.05) is 53.5 Å². The first kappa shape index (κ1) is 22.6. The summed E-state index contributed by atoms with van der Waals surface area (Å²) in [4.78, 5) is 6.25. The van der Waals surface area contributed by atoms with Crippen molar-refractivity contribution in [3.05, 3.63) is 86.0 Å². The highest BCUT2D eigenvalue weighted by Crippen LogP contribution is 2.33. The lowest BCUT2D eigenvalue weighted by Crippen LogP contribution is -2.46. The predicted molar refractivity (Wildman–Crippen MR) is 132 cm³/mol. The van der Waals surface area contributed by atoms with Gasteiger partial charge in [0.05, 0.1) is 4.34 Å². The molecule has 0 N–H and O–H groups in total. The molecule has 3 aromatic rings. The molecule has 6 heteroatoms. The number of hydrogen-bond donors (Lipinski definition) is 0. The molecule has 0 radical (unpaired) electrons. The van der Waals surface area contributed by atoms with E-state index < -0.39 is 0 Å². The third kappa shape index (κ3) is 6.47. The van der Waals surface area contributed by atoms with E-state index in [1.54, 1.807) is 11.3 Å². The predicted octanol–water partition coefficient (Wildman–Crippen LogP) is 6.69. The topological polar surface area (TPSA) is 15.7 Å². The van der Waals surface area contributed by atoms with Gasteiger partial charge in [0.1, 0.15) is 11.9 Å². The number of thiophene rings is 1. The van der Waals surface area contributed by atoms with Crippen molar-refractivity contribution in [3.63, 3.8) is 0 Å². The van der Waals surface area contributed by atoms with Crippen molar-refractivity contribution >= 4 is 34.5 Å². The van der Waals surface area contributed by atoms with E-state index in [9.17, 15) is 0 Å². The van der Waals surface area contributed by atoms with Gasteiger partial charge in [0.25, 0.3) is 0 Å². The molecule has 1 saturated heterocycles. The highest BCUT2D eigenvalue weighted by molar-refractivity contribution is 7.16. The molecule has 0 aliphatic carbocycles. The molecule has 2 aromatic carbocycles. The van der Waals surface area contributed by atoms with Crippen LogP contribution in [0.15, 0.2) is 60.7 Å². The minimum atomic E-state index is -0.0135. The largest absolute Gasteiger partial charge is 0.485 e. The van der Waals surface area contributed by atoms with Crippen LogP contribution in [-0.4, -0.2) is 42.5 Å². The summed E-state index contributed by atoms with van der Waals surface area (Å²) in [5.41, 5.74) is 2.41. The van der Waals surface area contributed by atoms with Crippen molar-refractivity contribution in [1.82, 2.24) is 9.80 Å². The number of nitrogens with zero attached hydrogens (tertiary/aromatic N) is 2. The van der Waals surface area contributed by atoms with Gasteiger partial charge in [0.15, 0.2) is 0 Å². The van der Waals surface area contributed by atoms with Gasteiger partial charge >= 0.3 is 0 Å². The Morgan fingerprint density at radius 2 is 1.68 bits per heavy atom.